The number of benzene rings is 2. The fraction of sp³-hybridized carbons (Fsp3) is 0.182. The van der Waals surface area contributed by atoms with Gasteiger partial charge in [-0.25, -0.2) is 14.4 Å². The van der Waals surface area contributed by atoms with Crippen LogP contribution in [0.15, 0.2) is 42.5 Å². The van der Waals surface area contributed by atoms with Crippen molar-refractivity contribution < 1.29 is 4.39 Å². The topological polar surface area (TPSA) is 37.8 Å². The summed E-state index contributed by atoms with van der Waals surface area (Å²) in [5, 5.41) is 4.48. The Hall–Kier alpha value is -2.79. The third-order valence-electron chi connectivity index (χ3n) is 4.61. The monoisotopic (exact) mass is 377 g/mol. The Balaban J connectivity index is 1.93. The molecule has 0 aliphatic rings. The van der Waals surface area contributed by atoms with Gasteiger partial charge in [-0.1, -0.05) is 29.8 Å². The summed E-state index contributed by atoms with van der Waals surface area (Å²) in [6.07, 6.45) is 0. The second-order valence-electron chi connectivity index (χ2n) is 6.78. The Bertz CT molecular complexity index is 1150. The van der Waals surface area contributed by atoms with Crippen LogP contribution in [0.4, 0.5) is 15.9 Å². The second-order valence-corrected chi connectivity index (χ2v) is 7.99. The van der Waals surface area contributed by atoms with Crippen molar-refractivity contribution in [3.8, 4) is 11.1 Å². The zero-order valence-corrected chi connectivity index (χ0v) is 16.5. The van der Waals surface area contributed by atoms with Crippen molar-refractivity contribution in [2.24, 2.45) is 0 Å². The lowest BCUT2D eigenvalue weighted by Gasteiger charge is -2.12. The lowest BCUT2D eigenvalue weighted by atomic mass is 10.0. The van der Waals surface area contributed by atoms with Gasteiger partial charge in [0, 0.05) is 16.1 Å². The number of hydrogen-bond donors (Lipinski definition) is 1. The average molecular weight is 377 g/mol. The van der Waals surface area contributed by atoms with Crippen molar-refractivity contribution in [2.75, 3.05) is 5.32 Å². The third-order valence-corrected chi connectivity index (χ3v) is 5.61. The Morgan fingerprint density at radius 2 is 1.67 bits per heavy atom. The summed E-state index contributed by atoms with van der Waals surface area (Å²) < 4.78 is 13.4. The van der Waals surface area contributed by atoms with Gasteiger partial charge in [0.15, 0.2) is 0 Å². The molecular weight excluding hydrogens is 357 g/mol. The first-order valence-corrected chi connectivity index (χ1v) is 9.62. The molecule has 0 unspecified atom stereocenters. The molecule has 0 aliphatic carbocycles. The Morgan fingerprint density at radius 3 is 2.37 bits per heavy atom. The molecular formula is C22H20FN3S. The largest absolute Gasteiger partial charge is 0.339 e. The van der Waals surface area contributed by atoms with Crippen molar-refractivity contribution in [1.29, 1.82) is 0 Å². The van der Waals surface area contributed by atoms with Gasteiger partial charge in [-0.05, 0) is 57.0 Å². The van der Waals surface area contributed by atoms with E-state index in [1.54, 1.807) is 11.3 Å². The summed E-state index contributed by atoms with van der Waals surface area (Å²) in [4.78, 5) is 11.4. The number of halogens is 1. The SMILES string of the molecule is Cc1ccc(Nc2nc(C)nc3sc(C)c(-c4ccc(F)cc4)c23)c(C)c1. The smallest absolute Gasteiger partial charge is 0.143 e. The maximum absolute atomic E-state index is 13.4. The van der Waals surface area contributed by atoms with Crippen molar-refractivity contribution in [3.05, 3.63) is 70.1 Å². The summed E-state index contributed by atoms with van der Waals surface area (Å²) in [6, 6.07) is 12.9. The predicted octanol–water partition coefficient (Wildman–Crippen LogP) is 6.47. The van der Waals surface area contributed by atoms with Crippen LogP contribution in [0.1, 0.15) is 21.8 Å². The first-order valence-electron chi connectivity index (χ1n) is 8.80. The van der Waals surface area contributed by atoms with Crippen molar-refractivity contribution in [1.82, 2.24) is 9.97 Å². The van der Waals surface area contributed by atoms with Gasteiger partial charge < -0.3 is 5.32 Å². The van der Waals surface area contributed by atoms with Crippen molar-refractivity contribution in [2.45, 2.75) is 27.7 Å². The molecule has 0 saturated carbocycles. The summed E-state index contributed by atoms with van der Waals surface area (Å²) in [5.41, 5.74) is 5.43. The van der Waals surface area contributed by atoms with Crippen LogP contribution in [0, 0.1) is 33.5 Å². The lowest BCUT2D eigenvalue weighted by molar-refractivity contribution is 0.628. The molecule has 3 nitrogen and oxygen atoms in total. The third kappa shape index (κ3) is 3.30. The predicted molar refractivity (Wildman–Crippen MR) is 111 cm³/mol. The number of fused-ring (bicyclic) bond motifs is 1. The number of aromatic nitrogens is 2. The molecule has 4 rings (SSSR count). The normalized spacial score (nSPS) is 11.1. The van der Waals surface area contributed by atoms with Gasteiger partial charge in [0.25, 0.3) is 0 Å². The number of anilines is 2. The summed E-state index contributed by atoms with van der Waals surface area (Å²) in [6.45, 7) is 8.14. The number of rotatable bonds is 3. The molecule has 2 aromatic carbocycles. The minimum absolute atomic E-state index is 0.239. The Kier molecular flexibility index (Phi) is 4.40. The maximum Gasteiger partial charge on any atom is 0.143 e. The zero-order valence-electron chi connectivity index (χ0n) is 15.7. The van der Waals surface area contributed by atoms with Crippen LogP contribution in [-0.4, -0.2) is 9.97 Å². The number of nitrogens with one attached hydrogen (secondary N) is 1. The van der Waals surface area contributed by atoms with E-state index in [9.17, 15) is 4.39 Å². The minimum Gasteiger partial charge on any atom is -0.339 e. The number of nitrogens with zero attached hydrogens (tertiary/aromatic N) is 2. The molecule has 0 spiro atoms. The van der Waals surface area contributed by atoms with Crippen molar-refractivity contribution in [3.63, 3.8) is 0 Å². The average Bonchev–Trinajstić information content (AvgIpc) is 2.94. The van der Waals surface area contributed by atoms with Crippen LogP contribution < -0.4 is 5.32 Å². The van der Waals surface area contributed by atoms with Crippen LogP contribution in [0.25, 0.3) is 21.3 Å². The fourth-order valence-corrected chi connectivity index (χ4v) is 4.44. The molecule has 0 bridgehead atoms. The minimum atomic E-state index is -0.239. The van der Waals surface area contributed by atoms with E-state index in [0.29, 0.717) is 0 Å². The molecule has 136 valence electrons. The van der Waals surface area contributed by atoms with E-state index in [1.807, 2.05) is 19.1 Å². The molecule has 0 aliphatic heterocycles. The maximum atomic E-state index is 13.4. The highest BCUT2D eigenvalue weighted by Crippen LogP contribution is 2.41. The van der Waals surface area contributed by atoms with Crippen LogP contribution in [0.2, 0.25) is 0 Å². The summed E-state index contributed by atoms with van der Waals surface area (Å²) >= 11 is 1.64. The molecule has 27 heavy (non-hydrogen) atoms. The molecule has 2 aromatic heterocycles. The zero-order chi connectivity index (χ0) is 19.1. The van der Waals surface area contributed by atoms with Gasteiger partial charge in [0.2, 0.25) is 0 Å². The Labute approximate surface area is 161 Å². The first kappa shape index (κ1) is 17.6. The van der Waals surface area contributed by atoms with Gasteiger partial charge in [0.1, 0.15) is 22.3 Å². The van der Waals surface area contributed by atoms with Gasteiger partial charge in [-0.3, -0.25) is 0 Å². The van der Waals surface area contributed by atoms with E-state index in [1.165, 1.54) is 17.7 Å². The molecule has 4 aromatic rings. The van der Waals surface area contributed by atoms with E-state index in [0.717, 1.165) is 49.1 Å². The number of thiophene rings is 1. The van der Waals surface area contributed by atoms with E-state index < -0.39 is 0 Å². The summed E-state index contributed by atoms with van der Waals surface area (Å²) in [5.74, 6) is 1.27. The van der Waals surface area contributed by atoms with Gasteiger partial charge in [0.05, 0.1) is 5.39 Å². The van der Waals surface area contributed by atoms with Gasteiger partial charge in [-0.15, -0.1) is 11.3 Å². The number of aryl methyl sites for hydroxylation is 4. The molecule has 0 radical (unpaired) electrons. The molecule has 0 saturated heterocycles. The number of hydrogen-bond acceptors (Lipinski definition) is 4. The quantitative estimate of drug-likeness (QED) is 0.444. The first-order chi connectivity index (χ1) is 12.9. The fourth-order valence-electron chi connectivity index (χ4n) is 3.35. The molecule has 2 heterocycles. The molecule has 0 fully saturated rings. The van der Waals surface area contributed by atoms with Gasteiger partial charge in [-0.2, -0.15) is 0 Å². The highest BCUT2D eigenvalue weighted by atomic mass is 32.1. The van der Waals surface area contributed by atoms with Crippen molar-refractivity contribution >= 4 is 33.1 Å². The Morgan fingerprint density at radius 1 is 0.926 bits per heavy atom. The molecule has 1 N–H and O–H groups in total. The van der Waals surface area contributed by atoms with E-state index in [-0.39, 0.29) is 5.82 Å². The van der Waals surface area contributed by atoms with E-state index in [2.05, 4.69) is 54.3 Å². The summed E-state index contributed by atoms with van der Waals surface area (Å²) in [7, 11) is 0. The van der Waals surface area contributed by atoms with Crippen LogP contribution in [0.3, 0.4) is 0 Å². The second kappa shape index (κ2) is 6.74. The van der Waals surface area contributed by atoms with Crippen LogP contribution >= 0.6 is 11.3 Å². The van der Waals surface area contributed by atoms with E-state index >= 15 is 0 Å². The molecule has 0 amide bonds. The van der Waals surface area contributed by atoms with Crippen LogP contribution in [-0.2, 0) is 0 Å². The standard InChI is InChI=1S/C22H20FN3S/c1-12-5-10-18(13(2)11-12)26-21-20-19(16-6-8-17(23)9-7-16)14(3)27-22(20)25-15(4)24-21/h5-11H,1-4H3,(H,24,25,26). The van der Waals surface area contributed by atoms with E-state index in [4.69, 9.17) is 0 Å². The molecule has 0 atom stereocenters. The highest BCUT2D eigenvalue weighted by molar-refractivity contribution is 7.19. The van der Waals surface area contributed by atoms with Gasteiger partial charge >= 0.3 is 0 Å². The highest BCUT2D eigenvalue weighted by Gasteiger charge is 2.18. The van der Waals surface area contributed by atoms with Crippen LogP contribution in [0.5, 0.6) is 0 Å². The lowest BCUT2D eigenvalue weighted by Crippen LogP contribution is -2.00. The molecule has 5 heteroatoms.